The van der Waals surface area contributed by atoms with Gasteiger partial charge >= 0.3 is 17.5 Å². The van der Waals surface area contributed by atoms with Gasteiger partial charge in [0.2, 0.25) is 22.9 Å². The van der Waals surface area contributed by atoms with Crippen LogP contribution in [0, 0.1) is 0 Å². The number of carbonyl (C=O) groups is 3. The molecule has 0 radical (unpaired) electrons. The Bertz CT molecular complexity index is 5340. The van der Waals surface area contributed by atoms with Crippen LogP contribution < -0.4 is 61.5 Å². The molecule has 14 rings (SSSR count). The Morgan fingerprint density at radius 1 is 0.598 bits per heavy atom. The lowest BCUT2D eigenvalue weighted by Crippen LogP contribution is -2.44. The second kappa shape index (κ2) is 39.2. The molecule has 1 aliphatic heterocycles. The van der Waals surface area contributed by atoms with Crippen LogP contribution in [0.3, 0.4) is 0 Å². The fraction of sp³-hybridized carbons (Fsp3) is 0.296. The van der Waals surface area contributed by atoms with E-state index in [2.05, 4.69) is 30.5 Å². The lowest BCUT2D eigenvalue weighted by atomic mass is 9.76. The Labute approximate surface area is 619 Å². The van der Waals surface area contributed by atoms with E-state index in [9.17, 15) is 62.6 Å². The standard InChI is InChI=1S/C21H17ClN4O4.C13H12Cl2N2O2.C11H15NO4.C8H8N2O3.C8H6N2O2.C6H5NO3.C4H11NO2/c22-15-6-4-13(5-7-15)14-10-16(11-14)26-21(29)30-18(23-26)12-24-8-9-25-17(20(24)28)2-1-3-19(25)27;14-7-12-16-17(13(18)19-12)11-5-9(6-11)8-1-3-10(15)4-2-8;1-15-11(16-2)7-6-9(13)8-4-3-5-10(14)12-8;11-6-3-1-2-5-8(13)9-4-7(12)10(5)6;11-7-3-1-2-6-8(12)9-4-5-10(6)7;8-5-3-1-2-4(7-5)6(9)10;1-6-4(3-5)7-2/h1-9,14,16H,10-12H2;1-4,9,11H,5-7H2;3-5,11H,6-7H2,1-2H3,(H,12,14);1-3,7,12H,4H2,(H,9,13);1-5H,(H,9,12);1-3H,(H,7,8)(H,9,10);4H,3,5H2,1-2H3. The molecule has 107 heavy (non-hydrogen) atoms. The fourth-order valence-electron chi connectivity index (χ4n) is 10.9. The minimum Gasteiger partial charge on any atom is -0.477 e. The van der Waals surface area contributed by atoms with E-state index in [4.69, 9.17) is 73.4 Å². The molecule has 10 heterocycles. The Hall–Kier alpha value is -11.3. The van der Waals surface area contributed by atoms with Crippen LogP contribution in [-0.2, 0) is 31.4 Å². The maximum atomic E-state index is 12.6. The molecular weight excluding hydrogens is 1460 g/mol. The van der Waals surface area contributed by atoms with Gasteiger partial charge < -0.3 is 68.6 Å². The topological polar surface area (TPSA) is 448 Å². The van der Waals surface area contributed by atoms with Crippen LogP contribution in [0.25, 0.3) is 11.0 Å². The fourth-order valence-corrected chi connectivity index (χ4v) is 11.3. The quantitative estimate of drug-likeness (QED) is 0.0339. The van der Waals surface area contributed by atoms with Gasteiger partial charge in [0.05, 0.1) is 24.3 Å². The predicted molar refractivity (Wildman–Crippen MR) is 391 cm³/mol. The van der Waals surface area contributed by atoms with Crippen molar-refractivity contribution in [1.29, 1.82) is 0 Å². The number of H-pyrrole nitrogens is 3. The van der Waals surface area contributed by atoms with Gasteiger partial charge in [-0.2, -0.15) is 9.36 Å². The third-order valence-electron chi connectivity index (χ3n) is 16.7. The monoisotopic (exact) mass is 1530 g/mol. The first-order valence-corrected chi connectivity index (χ1v) is 33.9. The van der Waals surface area contributed by atoms with E-state index in [-0.39, 0.29) is 124 Å². The van der Waals surface area contributed by atoms with Crippen LogP contribution in [-0.4, -0.2) is 134 Å². The Balaban J connectivity index is 0.000000165. The number of β-amino-alcohol motifs (C(OH)–C–C–N with tert-alkyl or cyclic N) is 1. The number of hydrogen-bond donors (Lipinski definition) is 7. The number of nitrogens with one attached hydrogen (secondary N) is 4. The lowest BCUT2D eigenvalue weighted by Gasteiger charge is -2.34. The predicted octanol–water partition coefficient (Wildman–Crippen LogP) is 5.44. The Morgan fingerprint density at radius 2 is 1.08 bits per heavy atom. The highest BCUT2D eigenvalue weighted by molar-refractivity contribution is 6.30. The summed E-state index contributed by atoms with van der Waals surface area (Å²) >= 11 is 17.4. The maximum Gasteiger partial charge on any atom is 0.437 e. The number of aromatic carboxylic acids is 1. The number of pyridine rings is 5. The number of Topliss-reactive ketones (excluding diaryl/α,β-unsaturated/α-hetero) is 1. The summed E-state index contributed by atoms with van der Waals surface area (Å²) < 4.78 is 37.3. The summed E-state index contributed by atoms with van der Waals surface area (Å²) in [5.74, 6) is -1.19. The highest BCUT2D eigenvalue weighted by Gasteiger charge is 2.36. The van der Waals surface area contributed by atoms with Gasteiger partial charge in [-0.1, -0.05) is 77.8 Å². The molecule has 33 nitrogen and oxygen atoms in total. The average Bonchev–Trinajstić information content (AvgIpc) is 1.77. The SMILES string of the molecule is COC(CCC(=O)c1cccc(=O)[nH]1)OC.COC(CN)OC.O=C(O)c1cccc(=O)[nH]1.O=C1NCC(O)n2c1cccc2=O.O=c1[nH]ccn2c(=O)cccc12.O=c1c2cccc(=O)n2ccn1Cc1nn(C2CC(c3ccc(Cl)cc3)C2)c(=O)o1.O=c1oc(CCl)nn1C1CC(c2ccc(Cl)cc2)C1. The highest BCUT2D eigenvalue weighted by atomic mass is 35.5. The average molecular weight is 1540 g/mol. The third-order valence-corrected chi connectivity index (χ3v) is 17.4. The molecule has 2 fully saturated rings. The number of carbonyl (C=O) groups excluding carboxylic acids is 2. The molecule has 36 heteroatoms. The van der Waals surface area contributed by atoms with Gasteiger partial charge in [0.15, 0.2) is 24.6 Å². The van der Waals surface area contributed by atoms with E-state index in [1.807, 2.05) is 48.5 Å². The van der Waals surface area contributed by atoms with E-state index in [0.717, 1.165) is 35.3 Å². The highest BCUT2D eigenvalue weighted by Crippen LogP contribution is 2.45. The molecule has 3 aliphatic rings. The van der Waals surface area contributed by atoms with Gasteiger partial charge in [0.25, 0.3) is 33.7 Å². The van der Waals surface area contributed by atoms with Crippen LogP contribution in [0.4, 0.5) is 0 Å². The van der Waals surface area contributed by atoms with Gasteiger partial charge in [-0.3, -0.25) is 56.5 Å². The molecule has 2 aliphatic carbocycles. The number of aliphatic hydroxyl groups excluding tert-OH is 1. The number of alkyl halides is 1. The Kier molecular flexibility index (Phi) is 29.8. The summed E-state index contributed by atoms with van der Waals surface area (Å²) in [5, 5.41) is 30.0. The molecule has 8 N–H and O–H groups in total. The van der Waals surface area contributed by atoms with Gasteiger partial charge in [0.1, 0.15) is 34.8 Å². The molecule has 1 atom stereocenters. The van der Waals surface area contributed by atoms with Crippen LogP contribution in [0.2, 0.25) is 10.0 Å². The first-order valence-electron chi connectivity index (χ1n) is 32.7. The summed E-state index contributed by atoms with van der Waals surface area (Å²) in [6, 6.07) is 37.4. The molecule has 1 unspecified atom stereocenters. The number of rotatable bonds is 17. The van der Waals surface area contributed by atoms with E-state index in [1.54, 1.807) is 44.6 Å². The van der Waals surface area contributed by atoms with Crippen molar-refractivity contribution in [2.45, 2.75) is 93.7 Å². The molecule has 564 valence electrons. The van der Waals surface area contributed by atoms with Crippen molar-refractivity contribution in [2.24, 2.45) is 5.73 Å². The summed E-state index contributed by atoms with van der Waals surface area (Å²) in [6.07, 6.45) is 8.45. The number of hydrogen-bond acceptors (Lipinski definition) is 22. The van der Waals surface area contributed by atoms with Gasteiger partial charge in [-0.15, -0.1) is 21.8 Å². The largest absolute Gasteiger partial charge is 0.477 e. The summed E-state index contributed by atoms with van der Waals surface area (Å²) in [4.78, 5) is 143. The molecular formula is C71H74Cl3N13O20. The van der Waals surface area contributed by atoms with Crippen molar-refractivity contribution in [3.63, 3.8) is 0 Å². The summed E-state index contributed by atoms with van der Waals surface area (Å²) in [7, 11) is 6.15. The molecule has 2 saturated carbocycles. The summed E-state index contributed by atoms with van der Waals surface area (Å²) in [5.41, 5.74) is 6.48. The first-order chi connectivity index (χ1) is 51.4. The molecule has 0 saturated heterocycles. The Morgan fingerprint density at radius 3 is 1.56 bits per heavy atom. The normalized spacial score (nSPS) is 15.9. The first kappa shape index (κ1) is 81.4. The number of fused-ring (bicyclic) bond motifs is 3. The van der Waals surface area contributed by atoms with Gasteiger partial charge in [-0.05, 0) is 103 Å². The number of ether oxygens (including phenoxy) is 4. The lowest BCUT2D eigenvalue weighted by molar-refractivity contribution is -0.105. The van der Waals surface area contributed by atoms with Gasteiger partial charge in [0, 0.05) is 113 Å². The van der Waals surface area contributed by atoms with Crippen molar-refractivity contribution >= 4 is 63.5 Å². The maximum absolute atomic E-state index is 12.6. The number of carboxylic acids is 1. The molecule has 0 bridgehead atoms. The van der Waals surface area contributed by atoms with E-state index in [0.29, 0.717) is 41.0 Å². The molecule has 0 spiro atoms. The third kappa shape index (κ3) is 22.2. The zero-order valence-corrected chi connectivity index (χ0v) is 60.0. The number of aliphatic hydroxyl groups is 1. The number of aromatic nitrogens is 11. The van der Waals surface area contributed by atoms with Crippen LogP contribution in [0.15, 0.2) is 216 Å². The van der Waals surface area contributed by atoms with Crippen molar-refractivity contribution < 1.29 is 52.4 Å². The number of carboxylic acid groups (broad SMARTS) is 1. The van der Waals surface area contributed by atoms with E-state index in [1.165, 1.54) is 134 Å². The number of halogens is 3. The van der Waals surface area contributed by atoms with E-state index < -0.39 is 29.3 Å². The van der Waals surface area contributed by atoms with Crippen LogP contribution >= 0.6 is 34.8 Å². The zero-order valence-electron chi connectivity index (χ0n) is 57.7. The second-order valence-electron chi connectivity index (χ2n) is 23.5. The number of ketones is 1. The smallest absolute Gasteiger partial charge is 0.437 e. The minimum atomic E-state index is -1.13. The van der Waals surface area contributed by atoms with Crippen molar-refractivity contribution in [3.05, 3.63) is 308 Å². The van der Waals surface area contributed by atoms with Crippen molar-refractivity contribution in [2.75, 3.05) is 41.5 Å². The second-order valence-corrected chi connectivity index (χ2v) is 24.7. The van der Waals surface area contributed by atoms with Crippen LogP contribution in [0.5, 0.6) is 0 Å². The summed E-state index contributed by atoms with van der Waals surface area (Å²) in [6.45, 7) is 0.497. The number of amides is 1. The molecule has 9 aromatic heterocycles. The number of nitrogens with two attached hydrogens (primary N) is 1. The van der Waals surface area contributed by atoms with Crippen molar-refractivity contribution in [1.82, 2.24) is 57.8 Å². The molecule has 1 amide bonds. The van der Waals surface area contributed by atoms with Gasteiger partial charge in [-0.25, -0.2) is 14.4 Å². The number of nitrogens with zero attached hydrogens (tertiary/aromatic N) is 8. The number of methoxy groups -OCH3 is 4. The number of benzene rings is 2. The molecule has 11 aromatic rings. The van der Waals surface area contributed by atoms with Crippen LogP contribution in [0.1, 0.15) is 123 Å². The molecule has 2 aromatic carbocycles. The zero-order chi connectivity index (χ0) is 77.4. The number of aromatic amines is 3. The minimum absolute atomic E-state index is 0.00793. The van der Waals surface area contributed by atoms with Crippen molar-refractivity contribution in [3.8, 4) is 0 Å². The van der Waals surface area contributed by atoms with E-state index >= 15 is 0 Å².